The topological polar surface area (TPSA) is 44.2 Å². The molecule has 0 radical (unpaired) electrons. The Balaban J connectivity index is 1.66. The Bertz CT molecular complexity index is 837. The molecule has 0 amide bonds. The molecule has 5 heteroatoms. The van der Waals surface area contributed by atoms with E-state index in [-0.39, 0.29) is 6.79 Å². The Morgan fingerprint density at radius 3 is 2.82 bits per heavy atom. The summed E-state index contributed by atoms with van der Waals surface area (Å²) in [5.41, 5.74) is 3.14. The maximum absolute atomic E-state index is 5.43. The van der Waals surface area contributed by atoms with Gasteiger partial charge in [0.1, 0.15) is 5.03 Å². The second kappa shape index (κ2) is 5.50. The lowest BCUT2D eigenvalue weighted by molar-refractivity contribution is 0.174. The fourth-order valence-electron chi connectivity index (χ4n) is 2.42. The lowest BCUT2D eigenvalue weighted by Crippen LogP contribution is -1.92. The summed E-state index contributed by atoms with van der Waals surface area (Å²) >= 11 is 1.70. The zero-order valence-electron chi connectivity index (χ0n) is 12.1. The van der Waals surface area contributed by atoms with E-state index in [4.69, 9.17) is 14.5 Å². The minimum atomic E-state index is 0.284. The summed E-state index contributed by atoms with van der Waals surface area (Å²) in [6.45, 7) is 2.36. The van der Waals surface area contributed by atoms with Crippen molar-refractivity contribution in [3.05, 3.63) is 53.9 Å². The van der Waals surface area contributed by atoms with Gasteiger partial charge in [0.25, 0.3) is 0 Å². The van der Waals surface area contributed by atoms with Crippen molar-refractivity contribution in [3.63, 3.8) is 0 Å². The van der Waals surface area contributed by atoms with Crippen LogP contribution in [0.25, 0.3) is 10.9 Å². The molecule has 0 atom stereocenters. The number of benzene rings is 1. The van der Waals surface area contributed by atoms with Crippen molar-refractivity contribution in [2.24, 2.45) is 0 Å². The third-order valence-electron chi connectivity index (χ3n) is 3.54. The van der Waals surface area contributed by atoms with Gasteiger partial charge in [-0.3, -0.25) is 4.98 Å². The predicted octanol–water partition coefficient (Wildman–Crippen LogP) is 3.96. The zero-order valence-corrected chi connectivity index (χ0v) is 12.9. The Hall–Kier alpha value is -2.27. The molecule has 0 aliphatic carbocycles. The van der Waals surface area contributed by atoms with Crippen molar-refractivity contribution in [1.29, 1.82) is 0 Å². The number of aryl methyl sites for hydroxylation is 1. The van der Waals surface area contributed by atoms with Crippen LogP contribution in [0.1, 0.15) is 11.3 Å². The molecule has 0 saturated carbocycles. The second-order valence-electron chi connectivity index (χ2n) is 5.12. The lowest BCUT2D eigenvalue weighted by Gasteiger charge is -2.08. The lowest BCUT2D eigenvalue weighted by atomic mass is 10.1. The summed E-state index contributed by atoms with van der Waals surface area (Å²) < 4.78 is 10.8. The Labute approximate surface area is 132 Å². The summed E-state index contributed by atoms with van der Waals surface area (Å²) in [6, 6.07) is 12.0. The molecule has 4 rings (SSSR count). The highest BCUT2D eigenvalue weighted by atomic mass is 32.2. The summed E-state index contributed by atoms with van der Waals surface area (Å²) in [7, 11) is 0. The minimum Gasteiger partial charge on any atom is -0.454 e. The van der Waals surface area contributed by atoms with Crippen LogP contribution in [0.4, 0.5) is 0 Å². The summed E-state index contributed by atoms with van der Waals surface area (Å²) in [4.78, 5) is 9.11. The van der Waals surface area contributed by atoms with Crippen molar-refractivity contribution in [2.45, 2.75) is 17.7 Å². The molecule has 1 aromatic carbocycles. The van der Waals surface area contributed by atoms with Crippen LogP contribution in [0.5, 0.6) is 11.5 Å². The van der Waals surface area contributed by atoms with E-state index in [9.17, 15) is 0 Å². The zero-order chi connectivity index (χ0) is 14.9. The normalized spacial score (nSPS) is 12.8. The molecule has 3 aromatic rings. The third kappa shape index (κ3) is 2.48. The first-order valence-electron chi connectivity index (χ1n) is 7.03. The molecule has 2 aromatic heterocycles. The van der Waals surface area contributed by atoms with Gasteiger partial charge in [-0.05, 0) is 36.8 Å². The number of thioether (sulfide) groups is 1. The number of hydrogen-bond acceptors (Lipinski definition) is 5. The van der Waals surface area contributed by atoms with Crippen LogP contribution < -0.4 is 9.47 Å². The van der Waals surface area contributed by atoms with E-state index >= 15 is 0 Å². The smallest absolute Gasteiger partial charge is 0.231 e. The molecule has 0 N–H and O–H groups in total. The molecule has 110 valence electrons. The summed E-state index contributed by atoms with van der Waals surface area (Å²) in [6.07, 6.45) is 1.82. The van der Waals surface area contributed by atoms with Gasteiger partial charge < -0.3 is 9.47 Å². The largest absolute Gasteiger partial charge is 0.454 e. The quantitative estimate of drug-likeness (QED) is 0.685. The number of hydrogen-bond donors (Lipinski definition) is 0. The van der Waals surface area contributed by atoms with Gasteiger partial charge >= 0.3 is 0 Å². The minimum absolute atomic E-state index is 0.284. The number of pyridine rings is 2. The van der Waals surface area contributed by atoms with Crippen LogP contribution in [0.3, 0.4) is 0 Å². The number of nitrogens with zero attached hydrogens (tertiary/aromatic N) is 2. The number of fused-ring (bicyclic) bond motifs is 2. The fraction of sp³-hybridized carbons (Fsp3) is 0.176. The molecule has 1 aliphatic rings. The SMILES string of the molecule is Cc1cc2cc3c(cc2nc1SCc1ccccn1)OCO3. The van der Waals surface area contributed by atoms with E-state index in [0.29, 0.717) is 0 Å². The van der Waals surface area contributed by atoms with E-state index in [1.54, 1.807) is 11.8 Å². The van der Waals surface area contributed by atoms with Gasteiger partial charge in [0.2, 0.25) is 6.79 Å². The monoisotopic (exact) mass is 310 g/mol. The van der Waals surface area contributed by atoms with E-state index in [2.05, 4.69) is 18.0 Å². The van der Waals surface area contributed by atoms with Crippen molar-refractivity contribution >= 4 is 22.7 Å². The Kier molecular flexibility index (Phi) is 3.35. The average Bonchev–Trinajstić information content (AvgIpc) is 2.99. The van der Waals surface area contributed by atoms with Gasteiger partial charge in [0, 0.05) is 23.4 Å². The maximum Gasteiger partial charge on any atom is 0.231 e. The molecule has 0 bridgehead atoms. The molecule has 0 saturated heterocycles. The third-order valence-corrected chi connectivity index (χ3v) is 4.66. The van der Waals surface area contributed by atoms with Gasteiger partial charge in [-0.2, -0.15) is 0 Å². The van der Waals surface area contributed by atoms with E-state index in [1.807, 2.05) is 36.5 Å². The Morgan fingerprint density at radius 2 is 2.00 bits per heavy atom. The van der Waals surface area contributed by atoms with Gasteiger partial charge in [-0.15, -0.1) is 0 Å². The standard InChI is InChI=1S/C17H14N2O2S/c1-11-6-12-7-15-16(21-10-20-15)8-14(12)19-17(11)22-9-13-4-2-3-5-18-13/h2-8H,9-10H2,1H3. The van der Waals surface area contributed by atoms with Gasteiger partial charge in [-0.1, -0.05) is 17.8 Å². The van der Waals surface area contributed by atoms with E-state index in [1.165, 1.54) is 0 Å². The molecular weight excluding hydrogens is 296 g/mol. The summed E-state index contributed by atoms with van der Waals surface area (Å²) in [5, 5.41) is 2.10. The number of aromatic nitrogens is 2. The molecule has 4 nitrogen and oxygen atoms in total. The van der Waals surface area contributed by atoms with Crippen LogP contribution >= 0.6 is 11.8 Å². The average molecular weight is 310 g/mol. The molecular formula is C17H14N2O2S. The van der Waals surface area contributed by atoms with Crippen LogP contribution in [0.15, 0.2) is 47.6 Å². The first kappa shape index (κ1) is 13.4. The highest BCUT2D eigenvalue weighted by Crippen LogP contribution is 2.37. The first-order valence-corrected chi connectivity index (χ1v) is 8.02. The van der Waals surface area contributed by atoms with Crippen LogP contribution in [0.2, 0.25) is 0 Å². The molecule has 0 spiro atoms. The molecule has 0 unspecified atom stereocenters. The van der Waals surface area contributed by atoms with Crippen molar-refractivity contribution in [2.75, 3.05) is 6.79 Å². The Morgan fingerprint density at radius 1 is 1.14 bits per heavy atom. The summed E-state index contributed by atoms with van der Waals surface area (Å²) in [5.74, 6) is 2.37. The van der Waals surface area contributed by atoms with Gasteiger partial charge in [0.15, 0.2) is 11.5 Å². The van der Waals surface area contributed by atoms with Crippen LogP contribution in [-0.2, 0) is 5.75 Å². The molecule has 22 heavy (non-hydrogen) atoms. The van der Waals surface area contributed by atoms with Gasteiger partial charge in [-0.25, -0.2) is 4.98 Å². The van der Waals surface area contributed by atoms with Crippen molar-refractivity contribution in [1.82, 2.24) is 9.97 Å². The molecule has 0 fully saturated rings. The highest BCUT2D eigenvalue weighted by molar-refractivity contribution is 7.98. The highest BCUT2D eigenvalue weighted by Gasteiger charge is 2.15. The van der Waals surface area contributed by atoms with Crippen molar-refractivity contribution < 1.29 is 9.47 Å². The fourth-order valence-corrected chi connectivity index (χ4v) is 3.33. The second-order valence-corrected chi connectivity index (χ2v) is 6.08. The van der Waals surface area contributed by atoms with Crippen LogP contribution in [-0.4, -0.2) is 16.8 Å². The molecule has 3 heterocycles. The van der Waals surface area contributed by atoms with E-state index in [0.717, 1.165) is 44.4 Å². The van der Waals surface area contributed by atoms with Gasteiger partial charge in [0.05, 0.1) is 11.2 Å². The maximum atomic E-state index is 5.43. The van der Waals surface area contributed by atoms with Crippen molar-refractivity contribution in [3.8, 4) is 11.5 Å². The first-order chi connectivity index (χ1) is 10.8. The number of ether oxygens (including phenoxy) is 2. The van der Waals surface area contributed by atoms with E-state index < -0.39 is 0 Å². The molecule has 1 aliphatic heterocycles. The predicted molar refractivity (Wildman–Crippen MR) is 86.4 cm³/mol. The number of rotatable bonds is 3. The van der Waals surface area contributed by atoms with Crippen LogP contribution in [0, 0.1) is 6.92 Å².